The van der Waals surface area contributed by atoms with Crippen molar-refractivity contribution in [2.45, 2.75) is 59.0 Å². The van der Waals surface area contributed by atoms with E-state index in [2.05, 4.69) is 60.7 Å². The summed E-state index contributed by atoms with van der Waals surface area (Å²) in [7, 11) is 0. The Kier molecular flexibility index (Phi) is 8.70. The minimum atomic E-state index is 0.469. The molecule has 0 bridgehead atoms. The van der Waals surface area contributed by atoms with Crippen LogP contribution in [0, 0.1) is 6.92 Å². The third-order valence-electron chi connectivity index (χ3n) is 3.32. The third-order valence-corrected chi connectivity index (χ3v) is 3.77. The molecule has 1 aromatic carbocycles. The summed E-state index contributed by atoms with van der Waals surface area (Å²) in [5.41, 5.74) is 2.41. The predicted molar refractivity (Wildman–Crippen MR) is 95.0 cm³/mol. The summed E-state index contributed by atoms with van der Waals surface area (Å²) in [5.74, 6) is 1.04. The van der Waals surface area contributed by atoms with Crippen molar-refractivity contribution in [2.24, 2.45) is 0 Å². The van der Waals surface area contributed by atoms with E-state index in [-0.39, 0.29) is 0 Å². The van der Waals surface area contributed by atoms with E-state index in [1.807, 2.05) is 6.08 Å². The van der Waals surface area contributed by atoms with Crippen molar-refractivity contribution in [3.8, 4) is 5.75 Å². The molecule has 0 saturated heterocycles. The Morgan fingerprint density at radius 1 is 1.29 bits per heavy atom. The molecule has 118 valence electrons. The van der Waals surface area contributed by atoms with Crippen LogP contribution in [0.25, 0.3) is 0 Å². The highest BCUT2D eigenvalue weighted by Crippen LogP contribution is 2.28. The van der Waals surface area contributed by atoms with Crippen molar-refractivity contribution in [2.75, 3.05) is 6.61 Å². The van der Waals surface area contributed by atoms with Crippen LogP contribution in [0.1, 0.15) is 50.7 Å². The minimum absolute atomic E-state index is 0.469. The second kappa shape index (κ2) is 10.0. The van der Waals surface area contributed by atoms with Gasteiger partial charge in [0.25, 0.3) is 0 Å². The van der Waals surface area contributed by atoms with Gasteiger partial charge in [0.05, 0.1) is 6.61 Å². The van der Waals surface area contributed by atoms with Crippen LogP contribution in [-0.4, -0.2) is 12.6 Å². The van der Waals surface area contributed by atoms with Gasteiger partial charge in [-0.25, -0.2) is 0 Å². The fraction of sp³-hybridized carbons (Fsp3) is 0.556. The third kappa shape index (κ3) is 7.14. The first-order chi connectivity index (χ1) is 10.0. The molecule has 0 aliphatic heterocycles. The van der Waals surface area contributed by atoms with Gasteiger partial charge in [-0.15, -0.1) is 6.58 Å². The number of hydrogen-bond acceptors (Lipinski definition) is 2. The monoisotopic (exact) mass is 353 g/mol. The molecular formula is C18H28BrNO. The number of ether oxygens (including phenoxy) is 1. The maximum atomic E-state index is 6.05. The zero-order chi connectivity index (χ0) is 15.7. The fourth-order valence-electron chi connectivity index (χ4n) is 2.19. The molecule has 0 unspecified atom stereocenters. The summed E-state index contributed by atoms with van der Waals surface area (Å²) < 4.78 is 7.16. The molecule has 1 N–H and O–H groups in total. The normalized spacial score (nSPS) is 10.9. The fourth-order valence-corrected chi connectivity index (χ4v) is 2.81. The first-order valence-corrected chi connectivity index (χ1v) is 8.60. The molecule has 3 heteroatoms. The topological polar surface area (TPSA) is 21.3 Å². The molecule has 0 spiro atoms. The van der Waals surface area contributed by atoms with Crippen molar-refractivity contribution in [3.05, 3.63) is 40.4 Å². The van der Waals surface area contributed by atoms with Crippen LogP contribution in [-0.2, 0) is 6.54 Å². The van der Waals surface area contributed by atoms with Crippen LogP contribution in [0.5, 0.6) is 5.75 Å². The molecule has 2 nitrogen and oxygen atoms in total. The smallest absolute Gasteiger partial charge is 0.126 e. The number of benzene rings is 1. The highest BCUT2D eigenvalue weighted by Gasteiger charge is 2.09. The van der Waals surface area contributed by atoms with E-state index in [4.69, 9.17) is 4.74 Å². The van der Waals surface area contributed by atoms with E-state index in [9.17, 15) is 0 Å². The van der Waals surface area contributed by atoms with Gasteiger partial charge < -0.3 is 10.1 Å². The number of rotatable bonds is 10. The molecule has 0 saturated carbocycles. The van der Waals surface area contributed by atoms with Crippen LogP contribution in [0.3, 0.4) is 0 Å². The first-order valence-electron chi connectivity index (χ1n) is 7.80. The van der Waals surface area contributed by atoms with E-state index >= 15 is 0 Å². The average Bonchev–Trinajstić information content (AvgIpc) is 2.42. The van der Waals surface area contributed by atoms with Crippen LogP contribution in [0.4, 0.5) is 0 Å². The molecule has 1 aromatic rings. The lowest BCUT2D eigenvalue weighted by Gasteiger charge is -2.16. The Balaban J connectivity index is 2.59. The molecule has 0 amide bonds. The maximum Gasteiger partial charge on any atom is 0.126 e. The van der Waals surface area contributed by atoms with Crippen molar-refractivity contribution in [3.63, 3.8) is 0 Å². The number of unbranched alkanes of at least 4 members (excludes halogenated alkanes) is 3. The standard InChI is InChI=1S/C18H28BrNO/c1-5-6-7-8-9-10-21-18-15(4)11-17(19)12-16(18)13-20-14(2)3/h5,11-12,14,20H,1,6-10,13H2,2-4H3. The zero-order valence-corrected chi connectivity index (χ0v) is 15.1. The number of allylic oxidation sites excluding steroid dienone is 1. The highest BCUT2D eigenvalue weighted by atomic mass is 79.9. The summed E-state index contributed by atoms with van der Waals surface area (Å²) in [4.78, 5) is 0. The highest BCUT2D eigenvalue weighted by molar-refractivity contribution is 9.10. The predicted octanol–water partition coefficient (Wildman–Crippen LogP) is 5.38. The molecule has 0 aliphatic rings. The van der Waals surface area contributed by atoms with Gasteiger partial charge in [0.1, 0.15) is 5.75 Å². The summed E-state index contributed by atoms with van der Waals surface area (Å²) in [6.45, 7) is 11.8. The van der Waals surface area contributed by atoms with Crippen LogP contribution in [0.2, 0.25) is 0 Å². The van der Waals surface area contributed by atoms with Gasteiger partial charge >= 0.3 is 0 Å². The first kappa shape index (κ1) is 18.2. The van der Waals surface area contributed by atoms with Crippen molar-refractivity contribution >= 4 is 15.9 Å². The maximum absolute atomic E-state index is 6.05. The second-order valence-corrected chi connectivity index (χ2v) is 6.65. The van der Waals surface area contributed by atoms with Crippen LogP contribution in [0.15, 0.2) is 29.3 Å². The van der Waals surface area contributed by atoms with Gasteiger partial charge in [0, 0.05) is 22.6 Å². The molecule has 0 radical (unpaired) electrons. The SMILES string of the molecule is C=CCCCCCOc1c(C)cc(Br)cc1CNC(C)C. The van der Waals surface area contributed by atoms with Gasteiger partial charge in [-0.05, 0) is 50.3 Å². The van der Waals surface area contributed by atoms with Gasteiger partial charge in [-0.1, -0.05) is 35.9 Å². The quantitative estimate of drug-likeness (QED) is 0.450. The Hall–Kier alpha value is -0.800. The molecular weight excluding hydrogens is 326 g/mol. The van der Waals surface area contributed by atoms with Crippen molar-refractivity contribution < 1.29 is 4.74 Å². The molecule has 0 aliphatic carbocycles. The van der Waals surface area contributed by atoms with Crippen molar-refractivity contribution in [1.29, 1.82) is 0 Å². The molecule has 0 atom stereocenters. The van der Waals surface area contributed by atoms with E-state index in [1.54, 1.807) is 0 Å². The molecule has 0 heterocycles. The summed E-state index contributed by atoms with van der Waals surface area (Å²) in [5, 5.41) is 3.46. The van der Waals surface area contributed by atoms with Gasteiger partial charge in [0.15, 0.2) is 0 Å². The lowest BCUT2D eigenvalue weighted by Crippen LogP contribution is -2.22. The molecule has 0 fully saturated rings. The lowest BCUT2D eigenvalue weighted by atomic mass is 10.1. The van der Waals surface area contributed by atoms with Gasteiger partial charge in [0.2, 0.25) is 0 Å². The zero-order valence-electron chi connectivity index (χ0n) is 13.5. The Morgan fingerprint density at radius 2 is 2.05 bits per heavy atom. The van der Waals surface area contributed by atoms with Crippen LogP contribution >= 0.6 is 15.9 Å². The minimum Gasteiger partial charge on any atom is -0.493 e. The Labute approximate surface area is 138 Å². The van der Waals surface area contributed by atoms with E-state index in [0.717, 1.165) is 36.2 Å². The lowest BCUT2D eigenvalue weighted by molar-refractivity contribution is 0.299. The average molecular weight is 354 g/mol. The number of aryl methyl sites for hydroxylation is 1. The van der Waals surface area contributed by atoms with Crippen molar-refractivity contribution in [1.82, 2.24) is 5.32 Å². The van der Waals surface area contributed by atoms with Gasteiger partial charge in [-0.2, -0.15) is 0 Å². The number of nitrogens with one attached hydrogen (secondary N) is 1. The van der Waals surface area contributed by atoms with Gasteiger partial charge in [-0.3, -0.25) is 0 Å². The second-order valence-electron chi connectivity index (χ2n) is 5.73. The Bertz CT molecular complexity index is 443. The molecule has 1 rings (SSSR count). The Morgan fingerprint density at radius 3 is 2.71 bits per heavy atom. The number of halogens is 1. The van der Waals surface area contributed by atoms with E-state index in [1.165, 1.54) is 24.0 Å². The molecule has 21 heavy (non-hydrogen) atoms. The number of hydrogen-bond donors (Lipinski definition) is 1. The largest absolute Gasteiger partial charge is 0.493 e. The molecule has 0 aromatic heterocycles. The van der Waals surface area contributed by atoms with E-state index < -0.39 is 0 Å². The van der Waals surface area contributed by atoms with E-state index in [0.29, 0.717) is 6.04 Å². The summed E-state index contributed by atoms with van der Waals surface area (Å²) in [6.07, 6.45) is 6.58. The summed E-state index contributed by atoms with van der Waals surface area (Å²) in [6, 6.07) is 4.73. The van der Waals surface area contributed by atoms with Crippen LogP contribution < -0.4 is 10.1 Å². The summed E-state index contributed by atoms with van der Waals surface area (Å²) >= 11 is 3.57.